The lowest BCUT2D eigenvalue weighted by Gasteiger charge is -2.26. The molecule has 138 valence electrons. The number of ether oxygens (including phenoxy) is 1. The molecular formula is C17H29Cl2N3O2. The van der Waals surface area contributed by atoms with E-state index in [1.165, 1.54) is 5.56 Å². The predicted octanol–water partition coefficient (Wildman–Crippen LogP) is 1.98. The van der Waals surface area contributed by atoms with Crippen LogP contribution in [0.3, 0.4) is 0 Å². The molecule has 1 amide bonds. The van der Waals surface area contributed by atoms with Gasteiger partial charge in [0.25, 0.3) is 0 Å². The zero-order chi connectivity index (χ0) is 15.6. The molecule has 0 saturated carbocycles. The topological polar surface area (TPSA) is 53.6 Å². The summed E-state index contributed by atoms with van der Waals surface area (Å²) in [7, 11) is 1.90. The van der Waals surface area contributed by atoms with Crippen molar-refractivity contribution in [1.82, 2.24) is 15.5 Å². The Bertz CT molecular complexity index is 469. The molecule has 0 unspecified atom stereocenters. The van der Waals surface area contributed by atoms with Gasteiger partial charge in [-0.05, 0) is 31.1 Å². The molecule has 0 aliphatic carbocycles. The summed E-state index contributed by atoms with van der Waals surface area (Å²) in [4.78, 5) is 14.1. The fourth-order valence-corrected chi connectivity index (χ4v) is 2.57. The van der Waals surface area contributed by atoms with Crippen LogP contribution in [0.25, 0.3) is 0 Å². The van der Waals surface area contributed by atoms with Crippen LogP contribution in [-0.2, 0) is 22.6 Å². The summed E-state index contributed by atoms with van der Waals surface area (Å²) in [5.74, 6) is 0.119. The lowest BCUT2D eigenvalue weighted by atomic mass is 10.1. The normalized spacial score (nSPS) is 14.4. The molecule has 1 saturated heterocycles. The molecule has 7 heteroatoms. The number of nitrogens with zero attached hydrogens (tertiary/aromatic N) is 1. The van der Waals surface area contributed by atoms with E-state index in [1.807, 2.05) is 7.05 Å². The van der Waals surface area contributed by atoms with E-state index in [1.54, 1.807) is 0 Å². The number of hydrogen-bond donors (Lipinski definition) is 2. The molecule has 5 nitrogen and oxygen atoms in total. The maximum Gasteiger partial charge on any atom is 0.220 e. The second kappa shape index (κ2) is 13.4. The van der Waals surface area contributed by atoms with Crippen molar-refractivity contribution in [3.8, 4) is 0 Å². The fourth-order valence-electron chi connectivity index (χ4n) is 2.57. The lowest BCUT2D eigenvalue weighted by Crippen LogP contribution is -2.35. The molecule has 0 bridgehead atoms. The monoisotopic (exact) mass is 377 g/mol. The molecule has 0 spiro atoms. The van der Waals surface area contributed by atoms with E-state index in [0.717, 1.165) is 51.4 Å². The van der Waals surface area contributed by atoms with E-state index < -0.39 is 0 Å². The van der Waals surface area contributed by atoms with Gasteiger partial charge in [0.15, 0.2) is 0 Å². The molecule has 0 aromatic heterocycles. The Morgan fingerprint density at radius 1 is 1.21 bits per heavy atom. The maximum absolute atomic E-state index is 11.7. The molecule has 2 rings (SSSR count). The van der Waals surface area contributed by atoms with Gasteiger partial charge in [0.05, 0.1) is 13.2 Å². The Morgan fingerprint density at radius 3 is 2.62 bits per heavy atom. The quantitative estimate of drug-likeness (QED) is 0.680. The van der Waals surface area contributed by atoms with Crippen LogP contribution in [0.15, 0.2) is 24.3 Å². The second-order valence-electron chi connectivity index (χ2n) is 5.69. The molecule has 1 heterocycles. The number of rotatable bonds is 8. The van der Waals surface area contributed by atoms with Gasteiger partial charge in [-0.1, -0.05) is 24.3 Å². The molecule has 1 aromatic rings. The van der Waals surface area contributed by atoms with E-state index in [2.05, 4.69) is 39.8 Å². The Morgan fingerprint density at radius 2 is 1.92 bits per heavy atom. The zero-order valence-electron chi connectivity index (χ0n) is 14.3. The van der Waals surface area contributed by atoms with E-state index in [9.17, 15) is 4.79 Å². The molecular weight excluding hydrogens is 349 g/mol. The van der Waals surface area contributed by atoms with Crippen molar-refractivity contribution in [2.75, 3.05) is 39.9 Å². The van der Waals surface area contributed by atoms with Gasteiger partial charge in [0.1, 0.15) is 0 Å². The van der Waals surface area contributed by atoms with Gasteiger partial charge >= 0.3 is 0 Å². The highest BCUT2D eigenvalue weighted by Gasteiger charge is 2.10. The maximum atomic E-state index is 11.7. The Balaban J connectivity index is 0.00000264. The summed E-state index contributed by atoms with van der Waals surface area (Å²) in [5, 5.41) is 6.04. The minimum absolute atomic E-state index is 0. The first-order valence-electron chi connectivity index (χ1n) is 8.07. The van der Waals surface area contributed by atoms with Gasteiger partial charge in [0, 0.05) is 32.6 Å². The molecule has 1 aliphatic rings. The van der Waals surface area contributed by atoms with Crippen LogP contribution in [0.4, 0.5) is 0 Å². The summed E-state index contributed by atoms with van der Waals surface area (Å²) in [5.41, 5.74) is 2.46. The number of morpholine rings is 1. The highest BCUT2D eigenvalue weighted by Crippen LogP contribution is 2.10. The summed E-state index contributed by atoms with van der Waals surface area (Å²) in [6.07, 6.45) is 1.45. The van der Waals surface area contributed by atoms with Gasteiger partial charge in [-0.2, -0.15) is 0 Å². The van der Waals surface area contributed by atoms with Crippen LogP contribution in [0.5, 0.6) is 0 Å². The first-order chi connectivity index (χ1) is 10.8. The second-order valence-corrected chi connectivity index (χ2v) is 5.69. The predicted molar refractivity (Wildman–Crippen MR) is 102 cm³/mol. The van der Waals surface area contributed by atoms with Crippen molar-refractivity contribution in [3.63, 3.8) is 0 Å². The number of carbonyl (C=O) groups is 1. The van der Waals surface area contributed by atoms with Crippen LogP contribution in [-0.4, -0.2) is 50.7 Å². The third kappa shape index (κ3) is 8.85. The third-order valence-corrected chi connectivity index (χ3v) is 3.82. The molecule has 2 N–H and O–H groups in total. The fraction of sp³-hybridized carbons (Fsp3) is 0.588. The van der Waals surface area contributed by atoms with Crippen molar-refractivity contribution >= 4 is 30.7 Å². The highest BCUT2D eigenvalue weighted by molar-refractivity contribution is 5.85. The smallest absolute Gasteiger partial charge is 0.220 e. The molecule has 24 heavy (non-hydrogen) atoms. The van der Waals surface area contributed by atoms with E-state index in [4.69, 9.17) is 4.74 Å². The molecule has 1 aromatic carbocycles. The van der Waals surface area contributed by atoms with Crippen LogP contribution >= 0.6 is 24.8 Å². The van der Waals surface area contributed by atoms with Crippen molar-refractivity contribution in [3.05, 3.63) is 35.4 Å². The summed E-state index contributed by atoms with van der Waals surface area (Å²) < 4.78 is 5.37. The zero-order valence-corrected chi connectivity index (χ0v) is 15.9. The minimum atomic E-state index is 0. The Hall–Kier alpha value is -0.850. The number of benzene rings is 1. The number of hydrogen-bond acceptors (Lipinski definition) is 4. The average molecular weight is 378 g/mol. The van der Waals surface area contributed by atoms with Crippen molar-refractivity contribution in [2.24, 2.45) is 0 Å². The molecule has 0 atom stereocenters. The highest BCUT2D eigenvalue weighted by atomic mass is 35.5. The lowest BCUT2D eigenvalue weighted by molar-refractivity contribution is -0.121. The molecule has 0 radical (unpaired) electrons. The first-order valence-corrected chi connectivity index (χ1v) is 8.07. The average Bonchev–Trinajstić information content (AvgIpc) is 2.55. The largest absolute Gasteiger partial charge is 0.379 e. The standard InChI is InChI=1S/C17H27N3O2.2ClH/c1-18-7-3-6-17(21)19-13-15-4-2-5-16(12-15)14-20-8-10-22-11-9-20;;/h2,4-5,12,18H,3,6-11,13-14H2,1H3,(H,19,21);2*1H. The van der Waals surface area contributed by atoms with Crippen LogP contribution in [0.1, 0.15) is 24.0 Å². The van der Waals surface area contributed by atoms with Gasteiger partial charge < -0.3 is 15.4 Å². The Labute approximate surface area is 157 Å². The van der Waals surface area contributed by atoms with Crippen molar-refractivity contribution < 1.29 is 9.53 Å². The molecule has 1 fully saturated rings. The van der Waals surface area contributed by atoms with E-state index in [0.29, 0.717) is 13.0 Å². The van der Waals surface area contributed by atoms with Gasteiger partial charge in [-0.3, -0.25) is 9.69 Å². The van der Waals surface area contributed by atoms with Crippen LogP contribution < -0.4 is 10.6 Å². The van der Waals surface area contributed by atoms with Crippen LogP contribution in [0.2, 0.25) is 0 Å². The molecule has 1 aliphatic heterocycles. The van der Waals surface area contributed by atoms with E-state index >= 15 is 0 Å². The third-order valence-electron chi connectivity index (χ3n) is 3.82. The van der Waals surface area contributed by atoms with Crippen LogP contribution in [0, 0.1) is 0 Å². The van der Waals surface area contributed by atoms with Gasteiger partial charge in [-0.25, -0.2) is 0 Å². The van der Waals surface area contributed by atoms with Crippen molar-refractivity contribution in [2.45, 2.75) is 25.9 Å². The number of halogens is 2. The van der Waals surface area contributed by atoms with Gasteiger partial charge in [0.2, 0.25) is 5.91 Å². The minimum Gasteiger partial charge on any atom is -0.379 e. The summed E-state index contributed by atoms with van der Waals surface area (Å²) in [6, 6.07) is 8.46. The number of nitrogens with one attached hydrogen (secondary N) is 2. The summed E-state index contributed by atoms with van der Waals surface area (Å²) >= 11 is 0. The van der Waals surface area contributed by atoms with Gasteiger partial charge in [-0.15, -0.1) is 24.8 Å². The van der Waals surface area contributed by atoms with Crippen molar-refractivity contribution in [1.29, 1.82) is 0 Å². The Kier molecular flexibility index (Phi) is 13.0. The number of amides is 1. The SMILES string of the molecule is CNCCCC(=O)NCc1cccc(CN2CCOCC2)c1.Cl.Cl. The number of carbonyl (C=O) groups excluding carboxylic acids is 1. The first kappa shape index (κ1) is 23.1. The summed E-state index contributed by atoms with van der Waals surface area (Å²) in [6.45, 7) is 6.06. The van der Waals surface area contributed by atoms with E-state index in [-0.39, 0.29) is 30.7 Å².